The first-order valence-corrected chi connectivity index (χ1v) is 11.1. The second kappa shape index (κ2) is 10.1. The van der Waals surface area contributed by atoms with Gasteiger partial charge in [-0.3, -0.25) is 9.59 Å². The van der Waals surface area contributed by atoms with Gasteiger partial charge < -0.3 is 15.4 Å². The summed E-state index contributed by atoms with van der Waals surface area (Å²) in [6.07, 6.45) is 1.92. The summed E-state index contributed by atoms with van der Waals surface area (Å²) in [5.41, 5.74) is 2.86. The molecule has 7 heteroatoms. The van der Waals surface area contributed by atoms with E-state index >= 15 is 0 Å². The summed E-state index contributed by atoms with van der Waals surface area (Å²) in [4.78, 5) is 29.3. The molecule has 4 rings (SSSR count). The van der Waals surface area contributed by atoms with Gasteiger partial charge in [-0.15, -0.1) is 11.3 Å². The second-order valence-electron chi connectivity index (χ2n) is 7.24. The fourth-order valence-corrected chi connectivity index (χ4v) is 4.24. The summed E-state index contributed by atoms with van der Waals surface area (Å²) >= 11 is 1.67. The van der Waals surface area contributed by atoms with Crippen molar-refractivity contribution >= 4 is 44.7 Å². The molecule has 4 aromatic rings. The van der Waals surface area contributed by atoms with Gasteiger partial charge in [0.2, 0.25) is 5.91 Å². The number of thiazole rings is 1. The smallest absolute Gasteiger partial charge is 0.255 e. The highest BCUT2D eigenvalue weighted by molar-refractivity contribution is 7.18. The van der Waals surface area contributed by atoms with Gasteiger partial charge in [0.25, 0.3) is 5.91 Å². The van der Waals surface area contributed by atoms with E-state index in [0.29, 0.717) is 23.4 Å². The summed E-state index contributed by atoms with van der Waals surface area (Å²) in [6.45, 7) is 0. The first-order valence-electron chi connectivity index (χ1n) is 10.3. The van der Waals surface area contributed by atoms with E-state index in [9.17, 15) is 9.59 Å². The average molecular weight is 446 g/mol. The number of benzene rings is 3. The summed E-state index contributed by atoms with van der Waals surface area (Å²) in [5.74, 6) is 0.452. The number of hydrogen-bond acceptors (Lipinski definition) is 5. The number of aryl methyl sites for hydroxylation is 1. The van der Waals surface area contributed by atoms with Crippen molar-refractivity contribution in [3.63, 3.8) is 0 Å². The van der Waals surface area contributed by atoms with E-state index in [1.54, 1.807) is 67.0 Å². The Kier molecular flexibility index (Phi) is 6.77. The molecule has 0 bridgehead atoms. The Morgan fingerprint density at radius 2 is 1.59 bits per heavy atom. The number of fused-ring (bicyclic) bond motifs is 1. The zero-order chi connectivity index (χ0) is 22.3. The molecule has 0 aliphatic heterocycles. The Bertz CT molecular complexity index is 1180. The van der Waals surface area contributed by atoms with Crippen LogP contribution >= 0.6 is 11.3 Å². The fraction of sp³-hybridized carbons (Fsp3) is 0.160. The van der Waals surface area contributed by atoms with Crippen molar-refractivity contribution < 1.29 is 14.3 Å². The van der Waals surface area contributed by atoms with Crippen molar-refractivity contribution in [1.82, 2.24) is 4.98 Å². The van der Waals surface area contributed by atoms with Crippen molar-refractivity contribution in [2.45, 2.75) is 19.3 Å². The first-order chi connectivity index (χ1) is 15.6. The molecular formula is C25H23N3O3S. The number of hydrogen-bond donors (Lipinski definition) is 2. The largest absolute Gasteiger partial charge is 0.497 e. The number of ether oxygens (including phenoxy) is 1. The SMILES string of the molecule is COc1ccc(NC(=O)c2ccc(NC(=O)CCCc3nc4ccccc4s3)cc2)cc1. The minimum absolute atomic E-state index is 0.0541. The molecule has 2 amide bonds. The topological polar surface area (TPSA) is 80.3 Å². The Morgan fingerprint density at radius 3 is 2.31 bits per heavy atom. The van der Waals surface area contributed by atoms with Crippen molar-refractivity contribution in [3.8, 4) is 5.75 Å². The van der Waals surface area contributed by atoms with E-state index in [1.165, 1.54) is 4.70 Å². The van der Waals surface area contributed by atoms with Crippen LogP contribution in [0.15, 0.2) is 72.8 Å². The van der Waals surface area contributed by atoms with Gasteiger partial charge in [0.15, 0.2) is 0 Å². The highest BCUT2D eigenvalue weighted by atomic mass is 32.1. The number of nitrogens with zero attached hydrogens (tertiary/aromatic N) is 1. The van der Waals surface area contributed by atoms with Gasteiger partial charge in [-0.2, -0.15) is 0 Å². The lowest BCUT2D eigenvalue weighted by atomic mass is 10.1. The molecule has 3 aromatic carbocycles. The summed E-state index contributed by atoms with van der Waals surface area (Å²) in [6, 6.07) is 22.0. The highest BCUT2D eigenvalue weighted by Crippen LogP contribution is 2.23. The molecule has 0 saturated heterocycles. The van der Waals surface area contributed by atoms with Gasteiger partial charge in [-0.05, 0) is 73.5 Å². The molecule has 6 nitrogen and oxygen atoms in total. The van der Waals surface area contributed by atoms with E-state index < -0.39 is 0 Å². The molecule has 0 radical (unpaired) electrons. The molecular weight excluding hydrogens is 422 g/mol. The minimum atomic E-state index is -0.219. The molecule has 0 spiro atoms. The molecule has 0 aliphatic rings. The number of para-hydroxylation sites is 1. The number of carbonyl (C=O) groups is 2. The molecule has 2 N–H and O–H groups in total. The lowest BCUT2D eigenvalue weighted by Crippen LogP contribution is -2.13. The zero-order valence-corrected chi connectivity index (χ0v) is 18.4. The van der Waals surface area contributed by atoms with Crippen LogP contribution in [-0.2, 0) is 11.2 Å². The zero-order valence-electron chi connectivity index (χ0n) is 17.6. The van der Waals surface area contributed by atoms with Crippen LogP contribution in [0.3, 0.4) is 0 Å². The van der Waals surface area contributed by atoms with Crippen LogP contribution in [0.1, 0.15) is 28.2 Å². The molecule has 162 valence electrons. The Morgan fingerprint density at radius 1 is 0.906 bits per heavy atom. The van der Waals surface area contributed by atoms with Crippen LogP contribution in [-0.4, -0.2) is 23.9 Å². The minimum Gasteiger partial charge on any atom is -0.497 e. The highest BCUT2D eigenvalue weighted by Gasteiger charge is 2.09. The third-order valence-corrected chi connectivity index (χ3v) is 6.01. The lowest BCUT2D eigenvalue weighted by Gasteiger charge is -2.08. The van der Waals surface area contributed by atoms with Crippen LogP contribution in [0.4, 0.5) is 11.4 Å². The quantitative estimate of drug-likeness (QED) is 0.374. The maximum Gasteiger partial charge on any atom is 0.255 e. The number of amides is 2. The summed E-state index contributed by atoms with van der Waals surface area (Å²) in [5, 5.41) is 6.77. The van der Waals surface area contributed by atoms with Gasteiger partial charge in [-0.25, -0.2) is 4.98 Å². The van der Waals surface area contributed by atoms with Crippen molar-refractivity contribution in [3.05, 3.63) is 83.4 Å². The third kappa shape index (κ3) is 5.50. The van der Waals surface area contributed by atoms with Crippen molar-refractivity contribution in [2.75, 3.05) is 17.7 Å². The van der Waals surface area contributed by atoms with Crippen LogP contribution in [0.25, 0.3) is 10.2 Å². The van der Waals surface area contributed by atoms with Gasteiger partial charge in [0.05, 0.1) is 22.3 Å². The Hall–Kier alpha value is -3.71. The maximum absolute atomic E-state index is 12.4. The van der Waals surface area contributed by atoms with Gasteiger partial charge in [0.1, 0.15) is 5.75 Å². The standard InChI is InChI=1S/C25H23N3O3S/c1-31-20-15-13-19(14-16-20)27-25(30)17-9-11-18(12-10-17)26-23(29)7-4-8-24-28-21-5-2-3-6-22(21)32-24/h2-3,5-6,9-16H,4,7-8H2,1H3,(H,26,29)(H,27,30). The number of anilines is 2. The van der Waals surface area contributed by atoms with Crippen LogP contribution < -0.4 is 15.4 Å². The monoisotopic (exact) mass is 445 g/mol. The number of aromatic nitrogens is 1. The predicted molar refractivity (Wildman–Crippen MR) is 129 cm³/mol. The van der Waals surface area contributed by atoms with Gasteiger partial charge >= 0.3 is 0 Å². The fourth-order valence-electron chi connectivity index (χ4n) is 3.23. The van der Waals surface area contributed by atoms with E-state index in [2.05, 4.69) is 21.7 Å². The molecule has 0 atom stereocenters. The summed E-state index contributed by atoms with van der Waals surface area (Å²) in [7, 11) is 1.59. The predicted octanol–water partition coefficient (Wildman–Crippen LogP) is 5.52. The molecule has 0 aliphatic carbocycles. The number of rotatable bonds is 8. The van der Waals surface area contributed by atoms with Crippen molar-refractivity contribution in [1.29, 1.82) is 0 Å². The second-order valence-corrected chi connectivity index (χ2v) is 8.35. The van der Waals surface area contributed by atoms with Crippen LogP contribution in [0, 0.1) is 0 Å². The number of carbonyl (C=O) groups excluding carboxylic acids is 2. The van der Waals surface area contributed by atoms with E-state index in [-0.39, 0.29) is 11.8 Å². The van der Waals surface area contributed by atoms with E-state index in [4.69, 9.17) is 4.74 Å². The van der Waals surface area contributed by atoms with E-state index in [1.807, 2.05) is 18.2 Å². The van der Waals surface area contributed by atoms with Crippen molar-refractivity contribution in [2.24, 2.45) is 0 Å². The molecule has 0 fully saturated rings. The molecule has 32 heavy (non-hydrogen) atoms. The normalized spacial score (nSPS) is 10.7. The Balaban J connectivity index is 1.25. The lowest BCUT2D eigenvalue weighted by molar-refractivity contribution is -0.116. The molecule has 1 aromatic heterocycles. The average Bonchev–Trinajstić information content (AvgIpc) is 3.23. The maximum atomic E-state index is 12.4. The van der Waals surface area contributed by atoms with Gasteiger partial charge in [-0.1, -0.05) is 12.1 Å². The third-order valence-electron chi connectivity index (χ3n) is 4.91. The Labute approximate surface area is 190 Å². The molecule has 0 saturated carbocycles. The van der Waals surface area contributed by atoms with Crippen LogP contribution in [0.5, 0.6) is 5.75 Å². The molecule has 0 unspecified atom stereocenters. The summed E-state index contributed by atoms with van der Waals surface area (Å²) < 4.78 is 6.28. The first kappa shape index (κ1) is 21.5. The number of nitrogens with one attached hydrogen (secondary N) is 2. The number of methoxy groups -OCH3 is 1. The van der Waals surface area contributed by atoms with E-state index in [0.717, 1.165) is 29.1 Å². The van der Waals surface area contributed by atoms with Gasteiger partial charge in [0, 0.05) is 23.4 Å². The molecule has 1 heterocycles. The van der Waals surface area contributed by atoms with Crippen LogP contribution in [0.2, 0.25) is 0 Å².